The maximum atomic E-state index is 11.9. The summed E-state index contributed by atoms with van der Waals surface area (Å²) in [6, 6.07) is 7.07. The van der Waals surface area contributed by atoms with Crippen LogP contribution in [0.5, 0.6) is 0 Å². The highest BCUT2D eigenvalue weighted by Crippen LogP contribution is 2.22. The lowest BCUT2D eigenvalue weighted by molar-refractivity contribution is -0.117. The molecule has 1 aliphatic heterocycles. The number of carbonyl (C=O) groups is 2. The van der Waals surface area contributed by atoms with E-state index in [1.165, 1.54) is 0 Å². The van der Waals surface area contributed by atoms with Crippen molar-refractivity contribution in [3.63, 3.8) is 0 Å². The first kappa shape index (κ1) is 13.5. The first-order valence-electron chi connectivity index (χ1n) is 6.52. The standard InChI is InChI=1S/C14H18N2O3/c17-9-3-7-15-14(19)11-4-1-5-12(10-11)16-8-2-6-13(16)18/h1,4-5,10,17H,2-3,6-9H2,(H,15,19). The number of nitrogens with zero attached hydrogens (tertiary/aromatic N) is 1. The Morgan fingerprint density at radius 1 is 1.42 bits per heavy atom. The van der Waals surface area contributed by atoms with Crippen molar-refractivity contribution in [2.24, 2.45) is 0 Å². The number of aliphatic hydroxyl groups is 1. The second kappa shape index (κ2) is 6.33. The molecular formula is C14H18N2O3. The number of rotatable bonds is 5. The van der Waals surface area contributed by atoms with Crippen molar-refractivity contribution in [2.75, 3.05) is 24.6 Å². The topological polar surface area (TPSA) is 69.6 Å². The number of nitrogens with one attached hydrogen (secondary N) is 1. The Kier molecular flexibility index (Phi) is 4.52. The maximum absolute atomic E-state index is 11.9. The average Bonchev–Trinajstić information content (AvgIpc) is 2.85. The molecule has 5 heteroatoms. The zero-order valence-electron chi connectivity index (χ0n) is 10.8. The molecule has 0 spiro atoms. The highest BCUT2D eigenvalue weighted by atomic mass is 16.3. The molecule has 1 aliphatic rings. The van der Waals surface area contributed by atoms with E-state index in [0.29, 0.717) is 31.5 Å². The van der Waals surface area contributed by atoms with Crippen LogP contribution in [0.25, 0.3) is 0 Å². The van der Waals surface area contributed by atoms with Crippen LogP contribution in [0, 0.1) is 0 Å². The second-order valence-corrected chi connectivity index (χ2v) is 4.53. The van der Waals surface area contributed by atoms with Crippen LogP contribution in [0.1, 0.15) is 29.6 Å². The van der Waals surface area contributed by atoms with E-state index in [1.54, 1.807) is 23.1 Å². The fourth-order valence-corrected chi connectivity index (χ4v) is 2.12. The average molecular weight is 262 g/mol. The maximum Gasteiger partial charge on any atom is 0.251 e. The molecular weight excluding hydrogens is 244 g/mol. The Morgan fingerprint density at radius 3 is 2.95 bits per heavy atom. The molecule has 0 atom stereocenters. The molecule has 2 N–H and O–H groups in total. The molecule has 19 heavy (non-hydrogen) atoms. The van der Waals surface area contributed by atoms with Crippen molar-refractivity contribution >= 4 is 17.5 Å². The molecule has 0 aliphatic carbocycles. The van der Waals surface area contributed by atoms with Gasteiger partial charge in [0.1, 0.15) is 0 Å². The summed E-state index contributed by atoms with van der Waals surface area (Å²) >= 11 is 0. The SMILES string of the molecule is O=C(NCCCO)c1cccc(N2CCCC2=O)c1. The van der Waals surface area contributed by atoms with E-state index in [1.807, 2.05) is 6.07 Å². The largest absolute Gasteiger partial charge is 0.396 e. The van der Waals surface area contributed by atoms with Gasteiger partial charge in [-0.1, -0.05) is 6.07 Å². The fraction of sp³-hybridized carbons (Fsp3) is 0.429. The molecule has 102 valence electrons. The number of amides is 2. The normalized spacial score (nSPS) is 14.8. The summed E-state index contributed by atoms with van der Waals surface area (Å²) in [7, 11) is 0. The van der Waals surface area contributed by atoms with Crippen molar-refractivity contribution in [1.82, 2.24) is 5.32 Å². The van der Waals surface area contributed by atoms with E-state index < -0.39 is 0 Å². The number of hydrogen-bond acceptors (Lipinski definition) is 3. The van der Waals surface area contributed by atoms with E-state index in [2.05, 4.69) is 5.32 Å². The molecule has 0 bridgehead atoms. The van der Waals surface area contributed by atoms with Gasteiger partial charge in [-0.15, -0.1) is 0 Å². The van der Waals surface area contributed by atoms with Gasteiger partial charge in [-0.25, -0.2) is 0 Å². The van der Waals surface area contributed by atoms with Gasteiger partial charge in [0, 0.05) is 37.4 Å². The molecule has 1 fully saturated rings. The van der Waals surface area contributed by atoms with Crippen molar-refractivity contribution < 1.29 is 14.7 Å². The molecule has 5 nitrogen and oxygen atoms in total. The van der Waals surface area contributed by atoms with Crippen LogP contribution in [-0.4, -0.2) is 36.6 Å². The first-order chi connectivity index (χ1) is 9.22. The van der Waals surface area contributed by atoms with Gasteiger partial charge in [0.25, 0.3) is 5.91 Å². The summed E-state index contributed by atoms with van der Waals surface area (Å²) in [5, 5.41) is 11.4. The van der Waals surface area contributed by atoms with Crippen molar-refractivity contribution in [2.45, 2.75) is 19.3 Å². The zero-order chi connectivity index (χ0) is 13.7. The smallest absolute Gasteiger partial charge is 0.251 e. The summed E-state index contributed by atoms with van der Waals surface area (Å²) in [6.07, 6.45) is 1.98. The van der Waals surface area contributed by atoms with Crippen molar-refractivity contribution in [1.29, 1.82) is 0 Å². The summed E-state index contributed by atoms with van der Waals surface area (Å²) in [5.41, 5.74) is 1.31. The van der Waals surface area contributed by atoms with Gasteiger partial charge >= 0.3 is 0 Å². The van der Waals surface area contributed by atoms with E-state index in [-0.39, 0.29) is 18.4 Å². The van der Waals surface area contributed by atoms with Crippen LogP contribution in [0.4, 0.5) is 5.69 Å². The quantitative estimate of drug-likeness (QED) is 0.775. The van der Waals surface area contributed by atoms with Crippen LogP contribution >= 0.6 is 0 Å². The van der Waals surface area contributed by atoms with E-state index in [4.69, 9.17) is 5.11 Å². The number of anilines is 1. The monoisotopic (exact) mass is 262 g/mol. The number of benzene rings is 1. The number of hydrogen-bond donors (Lipinski definition) is 2. The third-order valence-electron chi connectivity index (χ3n) is 3.11. The van der Waals surface area contributed by atoms with Gasteiger partial charge < -0.3 is 15.3 Å². The minimum atomic E-state index is -0.179. The summed E-state index contributed by atoms with van der Waals surface area (Å²) < 4.78 is 0. The second-order valence-electron chi connectivity index (χ2n) is 4.53. The van der Waals surface area contributed by atoms with Crippen molar-refractivity contribution in [3.05, 3.63) is 29.8 Å². The molecule has 1 saturated heterocycles. The van der Waals surface area contributed by atoms with Crippen LogP contribution in [0.15, 0.2) is 24.3 Å². The summed E-state index contributed by atoms with van der Waals surface area (Å²) in [4.78, 5) is 25.2. The Balaban J connectivity index is 2.06. The van der Waals surface area contributed by atoms with Crippen molar-refractivity contribution in [3.8, 4) is 0 Å². The molecule has 0 unspecified atom stereocenters. The lowest BCUT2D eigenvalue weighted by Crippen LogP contribution is -2.26. The minimum Gasteiger partial charge on any atom is -0.396 e. The lowest BCUT2D eigenvalue weighted by atomic mass is 10.1. The van der Waals surface area contributed by atoms with Gasteiger partial charge in [0.05, 0.1) is 0 Å². The Morgan fingerprint density at radius 2 is 2.26 bits per heavy atom. The summed E-state index contributed by atoms with van der Waals surface area (Å²) in [5.74, 6) is -0.0696. The molecule has 1 aromatic rings. The fourth-order valence-electron chi connectivity index (χ4n) is 2.12. The third kappa shape index (κ3) is 3.32. The van der Waals surface area contributed by atoms with Gasteiger partial charge in [0.15, 0.2) is 0 Å². The van der Waals surface area contributed by atoms with E-state index in [9.17, 15) is 9.59 Å². The summed E-state index contributed by atoms with van der Waals surface area (Å²) in [6.45, 7) is 1.22. The zero-order valence-corrected chi connectivity index (χ0v) is 10.8. The van der Waals surface area contributed by atoms with Gasteiger partial charge in [-0.05, 0) is 31.0 Å². The van der Waals surface area contributed by atoms with Crippen LogP contribution < -0.4 is 10.2 Å². The van der Waals surface area contributed by atoms with Gasteiger partial charge in [-0.3, -0.25) is 9.59 Å². The van der Waals surface area contributed by atoms with E-state index >= 15 is 0 Å². The Labute approximate surface area is 112 Å². The third-order valence-corrected chi connectivity index (χ3v) is 3.11. The van der Waals surface area contributed by atoms with Gasteiger partial charge in [0.2, 0.25) is 5.91 Å². The van der Waals surface area contributed by atoms with Gasteiger partial charge in [-0.2, -0.15) is 0 Å². The molecule has 1 aromatic carbocycles. The number of aliphatic hydroxyl groups excluding tert-OH is 1. The molecule has 0 radical (unpaired) electrons. The Bertz CT molecular complexity index is 474. The highest BCUT2D eigenvalue weighted by Gasteiger charge is 2.22. The number of carbonyl (C=O) groups excluding carboxylic acids is 2. The van der Waals surface area contributed by atoms with Crippen LogP contribution in [0.3, 0.4) is 0 Å². The molecule has 0 aromatic heterocycles. The van der Waals surface area contributed by atoms with Crippen LogP contribution in [-0.2, 0) is 4.79 Å². The predicted octanol–water partition coefficient (Wildman–Crippen LogP) is 0.926. The molecule has 0 saturated carbocycles. The molecule has 1 heterocycles. The highest BCUT2D eigenvalue weighted by molar-refractivity contribution is 5.99. The van der Waals surface area contributed by atoms with E-state index in [0.717, 1.165) is 12.1 Å². The predicted molar refractivity (Wildman–Crippen MR) is 72.1 cm³/mol. The first-order valence-corrected chi connectivity index (χ1v) is 6.52. The van der Waals surface area contributed by atoms with Crippen LogP contribution in [0.2, 0.25) is 0 Å². The minimum absolute atomic E-state index is 0.0581. The molecule has 2 amide bonds. The molecule has 2 rings (SSSR count). The Hall–Kier alpha value is -1.88. The lowest BCUT2D eigenvalue weighted by Gasteiger charge is -2.16.